The van der Waals surface area contributed by atoms with Crippen LogP contribution in [0.2, 0.25) is 0 Å². The molecule has 12 heavy (non-hydrogen) atoms. The molecule has 0 atom stereocenters. The monoisotopic (exact) mass is 194 g/mol. The summed E-state index contributed by atoms with van der Waals surface area (Å²) in [5.41, 5.74) is 0. The van der Waals surface area contributed by atoms with E-state index in [9.17, 15) is 9.36 Å². The van der Waals surface area contributed by atoms with Crippen molar-refractivity contribution in [3.63, 3.8) is 0 Å². The average molecular weight is 194 g/mol. The van der Waals surface area contributed by atoms with Gasteiger partial charge in [0, 0.05) is 0 Å². The van der Waals surface area contributed by atoms with Crippen LogP contribution in [0, 0.1) is 11.3 Å². The van der Waals surface area contributed by atoms with Gasteiger partial charge >= 0.3 is 13.7 Å². The van der Waals surface area contributed by atoms with Crippen molar-refractivity contribution in [2.45, 2.75) is 0 Å². The van der Waals surface area contributed by atoms with Crippen molar-refractivity contribution in [1.29, 1.82) is 5.26 Å². The SMILES string of the molecule is N#CCN(CP(=O)(O)O)C(=O)O. The van der Waals surface area contributed by atoms with Crippen molar-refractivity contribution >= 4 is 13.7 Å². The number of carboxylic acid groups (broad SMARTS) is 1. The Hall–Kier alpha value is -1.09. The van der Waals surface area contributed by atoms with E-state index >= 15 is 0 Å². The van der Waals surface area contributed by atoms with Crippen LogP contribution < -0.4 is 0 Å². The molecule has 0 aromatic carbocycles. The second kappa shape index (κ2) is 4.07. The highest BCUT2D eigenvalue weighted by molar-refractivity contribution is 7.51. The first-order valence-corrected chi connectivity index (χ1v) is 4.56. The Morgan fingerprint density at radius 1 is 1.58 bits per heavy atom. The van der Waals surface area contributed by atoms with Gasteiger partial charge in [-0.3, -0.25) is 9.46 Å². The third-order valence-electron chi connectivity index (χ3n) is 0.887. The maximum atomic E-state index is 10.3. The van der Waals surface area contributed by atoms with E-state index in [0.29, 0.717) is 4.90 Å². The van der Waals surface area contributed by atoms with Gasteiger partial charge < -0.3 is 14.9 Å². The minimum atomic E-state index is -4.41. The third kappa shape index (κ3) is 4.68. The number of amides is 1. The highest BCUT2D eigenvalue weighted by Crippen LogP contribution is 2.34. The quantitative estimate of drug-likeness (QED) is 0.416. The number of carbonyl (C=O) groups is 1. The lowest BCUT2D eigenvalue weighted by Gasteiger charge is -2.15. The Bertz CT molecular complexity index is 253. The van der Waals surface area contributed by atoms with E-state index in [2.05, 4.69) is 0 Å². The Morgan fingerprint density at radius 3 is 2.33 bits per heavy atom. The zero-order chi connectivity index (χ0) is 9.78. The highest BCUT2D eigenvalue weighted by Gasteiger charge is 2.22. The van der Waals surface area contributed by atoms with Gasteiger partial charge in [-0.05, 0) is 0 Å². The van der Waals surface area contributed by atoms with E-state index < -0.39 is 26.5 Å². The summed E-state index contributed by atoms with van der Waals surface area (Å²) in [6.07, 6.45) is -2.48. The second-order valence-electron chi connectivity index (χ2n) is 1.94. The van der Waals surface area contributed by atoms with Crippen LogP contribution in [0.3, 0.4) is 0 Å². The van der Waals surface area contributed by atoms with Crippen molar-refractivity contribution in [3.8, 4) is 6.07 Å². The lowest BCUT2D eigenvalue weighted by atomic mass is 10.6. The van der Waals surface area contributed by atoms with E-state index in [1.807, 2.05) is 0 Å². The third-order valence-corrected chi connectivity index (χ3v) is 1.60. The molecular formula is C4H7N2O5P. The zero-order valence-corrected chi connectivity index (χ0v) is 6.81. The molecule has 0 radical (unpaired) electrons. The van der Waals surface area contributed by atoms with Crippen LogP contribution in [0.4, 0.5) is 4.79 Å². The van der Waals surface area contributed by atoms with Crippen LogP contribution in [0.15, 0.2) is 0 Å². The van der Waals surface area contributed by atoms with Crippen molar-refractivity contribution < 1.29 is 24.3 Å². The summed E-state index contributed by atoms with van der Waals surface area (Å²) >= 11 is 0. The summed E-state index contributed by atoms with van der Waals surface area (Å²) in [5, 5.41) is 16.4. The van der Waals surface area contributed by atoms with E-state index in [0.717, 1.165) is 0 Å². The highest BCUT2D eigenvalue weighted by atomic mass is 31.2. The lowest BCUT2D eigenvalue weighted by molar-refractivity contribution is 0.154. The van der Waals surface area contributed by atoms with E-state index in [4.69, 9.17) is 20.2 Å². The second-order valence-corrected chi connectivity index (χ2v) is 3.56. The summed E-state index contributed by atoms with van der Waals surface area (Å²) in [6.45, 7) is -0.555. The molecule has 0 aromatic heterocycles. The van der Waals surface area contributed by atoms with Gasteiger partial charge in [-0.25, -0.2) is 4.79 Å². The average Bonchev–Trinajstić information content (AvgIpc) is 1.83. The maximum Gasteiger partial charge on any atom is 0.408 e. The zero-order valence-electron chi connectivity index (χ0n) is 5.91. The number of rotatable bonds is 3. The first-order chi connectivity index (χ1) is 5.37. The van der Waals surface area contributed by atoms with Crippen molar-refractivity contribution in [1.82, 2.24) is 4.90 Å². The first-order valence-electron chi connectivity index (χ1n) is 2.76. The molecule has 7 nitrogen and oxygen atoms in total. The van der Waals surface area contributed by atoms with Crippen molar-refractivity contribution in [2.24, 2.45) is 0 Å². The van der Waals surface area contributed by atoms with Crippen LogP contribution in [0.5, 0.6) is 0 Å². The smallest absolute Gasteiger partial charge is 0.408 e. The van der Waals surface area contributed by atoms with Gasteiger partial charge in [0.2, 0.25) is 0 Å². The molecular weight excluding hydrogens is 187 g/mol. The Kier molecular flexibility index (Phi) is 3.70. The molecule has 0 fully saturated rings. The molecule has 0 spiro atoms. The standard InChI is InChI=1S/C4H7N2O5P/c5-1-2-6(4(7)8)3-12(9,10)11/h2-3H2,(H,7,8)(H2,9,10,11). The summed E-state index contributed by atoms with van der Waals surface area (Å²) in [4.78, 5) is 27.3. The molecule has 0 aliphatic heterocycles. The number of hydrogen-bond acceptors (Lipinski definition) is 3. The molecule has 0 heterocycles. The fraction of sp³-hybridized carbons (Fsp3) is 0.500. The number of nitrogens with zero attached hydrogens (tertiary/aromatic N) is 2. The van der Waals surface area contributed by atoms with E-state index in [1.54, 1.807) is 0 Å². The van der Waals surface area contributed by atoms with Crippen molar-refractivity contribution in [2.75, 3.05) is 12.8 Å². The largest absolute Gasteiger partial charge is 0.465 e. The van der Waals surface area contributed by atoms with E-state index in [-0.39, 0.29) is 0 Å². The van der Waals surface area contributed by atoms with Crippen LogP contribution in [-0.2, 0) is 4.57 Å². The van der Waals surface area contributed by atoms with Crippen LogP contribution in [0.1, 0.15) is 0 Å². The molecule has 0 aliphatic carbocycles. The summed E-state index contributed by atoms with van der Waals surface area (Å²) < 4.78 is 10.3. The number of nitriles is 1. The van der Waals surface area contributed by atoms with E-state index in [1.165, 1.54) is 6.07 Å². The molecule has 1 amide bonds. The number of hydrogen-bond donors (Lipinski definition) is 3. The molecule has 0 saturated carbocycles. The van der Waals surface area contributed by atoms with Gasteiger partial charge in [-0.2, -0.15) is 5.26 Å². The predicted octanol–water partition coefficient (Wildman–Crippen LogP) is -0.375. The van der Waals surface area contributed by atoms with Gasteiger partial charge in [0.1, 0.15) is 12.8 Å². The molecule has 8 heteroatoms. The normalized spacial score (nSPS) is 10.4. The minimum absolute atomic E-state index is 0.348. The molecule has 0 aliphatic rings. The van der Waals surface area contributed by atoms with Crippen LogP contribution >= 0.6 is 7.60 Å². The Balaban J connectivity index is 4.26. The Morgan fingerprint density at radius 2 is 2.08 bits per heavy atom. The molecule has 68 valence electrons. The van der Waals surface area contributed by atoms with Gasteiger partial charge in [0.25, 0.3) is 0 Å². The topological polar surface area (TPSA) is 122 Å². The molecule has 0 aromatic rings. The van der Waals surface area contributed by atoms with Crippen LogP contribution in [0.25, 0.3) is 0 Å². The van der Waals surface area contributed by atoms with Gasteiger partial charge in [0.15, 0.2) is 0 Å². The fourth-order valence-corrected chi connectivity index (χ4v) is 1.15. The predicted molar refractivity (Wildman–Crippen MR) is 37.3 cm³/mol. The van der Waals surface area contributed by atoms with Gasteiger partial charge in [-0.15, -0.1) is 0 Å². The molecule has 0 unspecified atom stereocenters. The molecule has 0 rings (SSSR count). The lowest BCUT2D eigenvalue weighted by Crippen LogP contribution is -2.30. The molecule has 0 saturated heterocycles. The molecule has 3 N–H and O–H groups in total. The maximum absolute atomic E-state index is 10.3. The summed E-state index contributed by atoms with van der Waals surface area (Å²) in [5.74, 6) is 0. The summed E-state index contributed by atoms with van der Waals surface area (Å²) in [7, 11) is -4.41. The minimum Gasteiger partial charge on any atom is -0.465 e. The Labute approximate surface area is 68.0 Å². The van der Waals surface area contributed by atoms with Crippen LogP contribution in [-0.4, -0.2) is 38.7 Å². The van der Waals surface area contributed by atoms with Crippen molar-refractivity contribution in [3.05, 3.63) is 0 Å². The molecule has 0 bridgehead atoms. The van der Waals surface area contributed by atoms with Gasteiger partial charge in [0.05, 0.1) is 6.07 Å². The summed E-state index contributed by atoms with van der Waals surface area (Å²) in [6, 6.07) is 1.47. The van der Waals surface area contributed by atoms with Gasteiger partial charge in [-0.1, -0.05) is 0 Å². The fourth-order valence-electron chi connectivity index (χ4n) is 0.486. The first kappa shape index (κ1) is 10.9.